The van der Waals surface area contributed by atoms with Crippen LogP contribution in [0.25, 0.3) is 0 Å². The number of carbonyl (C=O) groups excluding carboxylic acids is 2. The molecule has 114 valence electrons. The summed E-state index contributed by atoms with van der Waals surface area (Å²) >= 11 is 0. The van der Waals surface area contributed by atoms with Crippen LogP contribution in [0.5, 0.6) is 0 Å². The van der Waals surface area contributed by atoms with E-state index in [1.807, 2.05) is 24.3 Å². The molecule has 1 N–H and O–H groups in total. The van der Waals surface area contributed by atoms with Gasteiger partial charge in [-0.15, -0.1) is 6.58 Å². The maximum atomic E-state index is 12.0. The molecule has 0 aliphatic heterocycles. The molecule has 0 fully saturated rings. The summed E-state index contributed by atoms with van der Waals surface area (Å²) in [6.07, 6.45) is 1.94. The van der Waals surface area contributed by atoms with Crippen molar-refractivity contribution < 1.29 is 9.59 Å². The summed E-state index contributed by atoms with van der Waals surface area (Å²) in [5.74, 6) is 0.208. The zero-order chi connectivity index (χ0) is 15.8. The van der Waals surface area contributed by atoms with Crippen molar-refractivity contribution in [3.63, 3.8) is 0 Å². The second-order valence-electron chi connectivity index (χ2n) is 5.29. The van der Waals surface area contributed by atoms with Gasteiger partial charge in [0.1, 0.15) is 0 Å². The lowest BCUT2D eigenvalue weighted by Crippen LogP contribution is -2.32. The van der Waals surface area contributed by atoms with Gasteiger partial charge in [0.25, 0.3) is 0 Å². The fourth-order valence-electron chi connectivity index (χ4n) is 2.10. The molecule has 0 saturated carbocycles. The SMILES string of the molecule is C=CCN(CCC(=O)Nc1ccccc1C(C)C)C(C)=O. The van der Waals surface area contributed by atoms with Crippen molar-refractivity contribution in [3.8, 4) is 0 Å². The first-order valence-electron chi connectivity index (χ1n) is 7.21. The Labute approximate surface area is 126 Å². The zero-order valence-corrected chi connectivity index (χ0v) is 13.1. The predicted octanol–water partition coefficient (Wildman–Crippen LogP) is 3.17. The quantitative estimate of drug-likeness (QED) is 0.783. The summed E-state index contributed by atoms with van der Waals surface area (Å²) < 4.78 is 0. The number of nitrogens with zero attached hydrogens (tertiary/aromatic N) is 1. The molecule has 1 rings (SSSR count). The van der Waals surface area contributed by atoms with E-state index in [-0.39, 0.29) is 18.2 Å². The number of nitrogens with one attached hydrogen (secondary N) is 1. The number of hydrogen-bond donors (Lipinski definition) is 1. The minimum Gasteiger partial charge on any atom is -0.339 e. The van der Waals surface area contributed by atoms with Crippen LogP contribution >= 0.6 is 0 Å². The Morgan fingerprint density at radius 2 is 2.00 bits per heavy atom. The highest BCUT2D eigenvalue weighted by molar-refractivity contribution is 5.92. The van der Waals surface area contributed by atoms with Gasteiger partial charge in [0.15, 0.2) is 0 Å². The minimum atomic E-state index is -0.0848. The molecule has 0 bridgehead atoms. The van der Waals surface area contributed by atoms with Gasteiger partial charge in [0.05, 0.1) is 0 Å². The average Bonchev–Trinajstić information content (AvgIpc) is 2.43. The van der Waals surface area contributed by atoms with E-state index in [9.17, 15) is 9.59 Å². The molecule has 4 nitrogen and oxygen atoms in total. The zero-order valence-electron chi connectivity index (χ0n) is 13.1. The first kappa shape index (κ1) is 17.0. The normalized spacial score (nSPS) is 10.3. The lowest BCUT2D eigenvalue weighted by Gasteiger charge is -2.19. The lowest BCUT2D eigenvalue weighted by atomic mass is 10.0. The Balaban J connectivity index is 2.62. The third-order valence-electron chi connectivity index (χ3n) is 3.26. The predicted molar refractivity (Wildman–Crippen MR) is 86.2 cm³/mol. The van der Waals surface area contributed by atoms with Crippen LogP contribution in [-0.2, 0) is 9.59 Å². The van der Waals surface area contributed by atoms with Crippen molar-refractivity contribution >= 4 is 17.5 Å². The van der Waals surface area contributed by atoms with E-state index in [0.717, 1.165) is 11.3 Å². The Morgan fingerprint density at radius 1 is 1.33 bits per heavy atom. The molecule has 0 atom stereocenters. The molecule has 0 aliphatic carbocycles. The maximum Gasteiger partial charge on any atom is 0.226 e. The fraction of sp³-hybridized carbons (Fsp3) is 0.412. The number of hydrogen-bond acceptors (Lipinski definition) is 2. The second-order valence-corrected chi connectivity index (χ2v) is 5.29. The van der Waals surface area contributed by atoms with E-state index in [1.165, 1.54) is 6.92 Å². The Morgan fingerprint density at radius 3 is 2.57 bits per heavy atom. The van der Waals surface area contributed by atoms with Gasteiger partial charge >= 0.3 is 0 Å². The molecule has 1 aromatic carbocycles. The van der Waals surface area contributed by atoms with Crippen LogP contribution in [0.3, 0.4) is 0 Å². The van der Waals surface area contributed by atoms with Gasteiger partial charge < -0.3 is 10.2 Å². The van der Waals surface area contributed by atoms with Gasteiger partial charge in [0.2, 0.25) is 11.8 Å². The van der Waals surface area contributed by atoms with Gasteiger partial charge in [-0.1, -0.05) is 38.1 Å². The molecule has 0 heterocycles. The van der Waals surface area contributed by atoms with Crippen LogP contribution in [0, 0.1) is 0 Å². The molecule has 0 unspecified atom stereocenters. The molecule has 0 aromatic heterocycles. The van der Waals surface area contributed by atoms with Crippen molar-refractivity contribution in [1.29, 1.82) is 0 Å². The molecule has 0 saturated heterocycles. The summed E-state index contributed by atoms with van der Waals surface area (Å²) in [6, 6.07) is 7.78. The van der Waals surface area contributed by atoms with Crippen LogP contribution in [0.15, 0.2) is 36.9 Å². The van der Waals surface area contributed by atoms with Gasteiger partial charge in [-0.25, -0.2) is 0 Å². The highest BCUT2D eigenvalue weighted by atomic mass is 16.2. The maximum absolute atomic E-state index is 12.0. The summed E-state index contributed by atoms with van der Waals surface area (Å²) in [4.78, 5) is 25.0. The summed E-state index contributed by atoms with van der Waals surface area (Å²) in [7, 11) is 0. The largest absolute Gasteiger partial charge is 0.339 e. The lowest BCUT2D eigenvalue weighted by molar-refractivity contribution is -0.128. The molecule has 4 heteroatoms. The third-order valence-corrected chi connectivity index (χ3v) is 3.26. The van der Waals surface area contributed by atoms with Crippen molar-refractivity contribution in [1.82, 2.24) is 4.90 Å². The number of benzene rings is 1. The van der Waals surface area contributed by atoms with E-state index in [1.54, 1.807) is 11.0 Å². The van der Waals surface area contributed by atoms with Crippen molar-refractivity contribution in [2.75, 3.05) is 18.4 Å². The molecule has 2 amide bonds. The minimum absolute atomic E-state index is 0.0507. The smallest absolute Gasteiger partial charge is 0.226 e. The molecule has 1 aromatic rings. The topological polar surface area (TPSA) is 49.4 Å². The highest BCUT2D eigenvalue weighted by Crippen LogP contribution is 2.23. The van der Waals surface area contributed by atoms with E-state index in [0.29, 0.717) is 19.0 Å². The van der Waals surface area contributed by atoms with Crippen LogP contribution in [0.1, 0.15) is 38.7 Å². The number of amides is 2. The molecular weight excluding hydrogens is 264 g/mol. The summed E-state index contributed by atoms with van der Waals surface area (Å²) in [5.41, 5.74) is 1.95. The van der Waals surface area contributed by atoms with Crippen LogP contribution in [0.2, 0.25) is 0 Å². The van der Waals surface area contributed by atoms with Crippen LogP contribution < -0.4 is 5.32 Å². The van der Waals surface area contributed by atoms with Crippen LogP contribution in [0.4, 0.5) is 5.69 Å². The standard InChI is InChI=1S/C17H24N2O2/c1-5-11-19(14(4)20)12-10-17(21)18-16-9-7-6-8-15(16)13(2)3/h5-9,13H,1,10-12H2,2-4H3,(H,18,21). The monoisotopic (exact) mass is 288 g/mol. The second kappa shape index (κ2) is 8.25. The Kier molecular flexibility index (Phi) is 6.66. The first-order chi connectivity index (χ1) is 9.95. The molecule has 0 spiro atoms. The number of anilines is 1. The number of rotatable bonds is 7. The van der Waals surface area contributed by atoms with E-state index in [4.69, 9.17) is 0 Å². The van der Waals surface area contributed by atoms with E-state index in [2.05, 4.69) is 25.7 Å². The van der Waals surface area contributed by atoms with Gasteiger partial charge in [-0.3, -0.25) is 9.59 Å². The molecular formula is C17H24N2O2. The van der Waals surface area contributed by atoms with Gasteiger partial charge in [0, 0.05) is 32.1 Å². The van der Waals surface area contributed by atoms with Crippen molar-refractivity contribution in [3.05, 3.63) is 42.5 Å². The van der Waals surface area contributed by atoms with Crippen molar-refractivity contribution in [2.45, 2.75) is 33.1 Å². The Hall–Kier alpha value is -2.10. The van der Waals surface area contributed by atoms with Crippen molar-refractivity contribution in [2.24, 2.45) is 0 Å². The third kappa shape index (κ3) is 5.42. The van der Waals surface area contributed by atoms with Crippen LogP contribution in [-0.4, -0.2) is 29.8 Å². The molecule has 0 radical (unpaired) electrons. The number of para-hydroxylation sites is 1. The molecule has 0 aliphatic rings. The fourth-order valence-corrected chi connectivity index (χ4v) is 2.10. The highest BCUT2D eigenvalue weighted by Gasteiger charge is 2.12. The Bertz CT molecular complexity index is 509. The summed E-state index contributed by atoms with van der Waals surface area (Å²) in [6.45, 7) is 10.2. The first-order valence-corrected chi connectivity index (χ1v) is 7.21. The number of carbonyl (C=O) groups is 2. The molecule has 21 heavy (non-hydrogen) atoms. The summed E-state index contributed by atoms with van der Waals surface area (Å²) in [5, 5.41) is 2.93. The average molecular weight is 288 g/mol. The van der Waals surface area contributed by atoms with Gasteiger partial charge in [-0.05, 0) is 17.5 Å². The van der Waals surface area contributed by atoms with Gasteiger partial charge in [-0.2, -0.15) is 0 Å². The van der Waals surface area contributed by atoms with E-state index < -0.39 is 0 Å². The van der Waals surface area contributed by atoms with E-state index >= 15 is 0 Å².